The molecule has 1 aromatic heterocycles. The van der Waals surface area contributed by atoms with Crippen molar-refractivity contribution in [2.45, 2.75) is 39.5 Å². The van der Waals surface area contributed by atoms with Crippen LogP contribution in [0, 0.1) is 25.7 Å². The van der Waals surface area contributed by atoms with Crippen LogP contribution in [-0.2, 0) is 9.53 Å². The van der Waals surface area contributed by atoms with Gasteiger partial charge in [0.15, 0.2) is 0 Å². The first-order valence-electron chi connectivity index (χ1n) is 10.5. The van der Waals surface area contributed by atoms with Gasteiger partial charge < -0.3 is 15.0 Å². The molecule has 2 saturated heterocycles. The molecule has 4 rings (SSSR count). The fraction of sp³-hybridized carbons (Fsp3) is 0.591. The Bertz CT molecular complexity index is 840. The van der Waals surface area contributed by atoms with E-state index in [1.807, 2.05) is 6.92 Å². The number of benzene rings is 1. The molecule has 2 fully saturated rings. The van der Waals surface area contributed by atoms with Crippen LogP contribution in [-0.4, -0.2) is 48.7 Å². The summed E-state index contributed by atoms with van der Waals surface area (Å²) in [6, 6.07) is 6.31. The summed E-state index contributed by atoms with van der Waals surface area (Å²) in [5.74, 6) is 1.66. The minimum atomic E-state index is 0.0971. The zero-order chi connectivity index (χ0) is 19.5. The molecule has 0 spiro atoms. The molecule has 6 nitrogen and oxygen atoms in total. The fourth-order valence-corrected chi connectivity index (χ4v) is 4.21. The van der Waals surface area contributed by atoms with E-state index in [9.17, 15) is 4.79 Å². The number of rotatable bonds is 4. The minimum Gasteiger partial charge on any atom is -0.381 e. The van der Waals surface area contributed by atoms with Crippen molar-refractivity contribution in [3.8, 4) is 0 Å². The van der Waals surface area contributed by atoms with Gasteiger partial charge in [0.1, 0.15) is 0 Å². The van der Waals surface area contributed by atoms with Crippen LogP contribution in [0.5, 0.6) is 0 Å². The molecule has 2 aromatic rings. The normalized spacial score (nSPS) is 19.1. The summed E-state index contributed by atoms with van der Waals surface area (Å²) in [6.45, 7) is 8.21. The number of fused-ring (bicyclic) bond motifs is 1. The molecular weight excluding hydrogens is 352 g/mol. The van der Waals surface area contributed by atoms with E-state index in [1.165, 1.54) is 5.56 Å². The first kappa shape index (κ1) is 19.1. The second-order valence-electron chi connectivity index (χ2n) is 8.19. The van der Waals surface area contributed by atoms with E-state index < -0.39 is 0 Å². The molecule has 1 aromatic carbocycles. The molecule has 0 saturated carbocycles. The maximum Gasteiger partial charge on any atom is 0.226 e. The van der Waals surface area contributed by atoms with Gasteiger partial charge in [-0.05, 0) is 57.1 Å². The lowest BCUT2D eigenvalue weighted by molar-refractivity contribution is -0.125. The largest absolute Gasteiger partial charge is 0.381 e. The standard InChI is InChI=1S/C22H30N4O2/c1-15-3-4-19-16(2)24-22(25-20(19)13-15)26-9-5-18(6-10-26)21(27)23-14-17-7-11-28-12-8-17/h3-4,13,17-18H,5-12,14H2,1-2H3,(H,23,27). The number of nitrogens with one attached hydrogen (secondary N) is 1. The number of anilines is 1. The van der Waals surface area contributed by atoms with Crippen molar-refractivity contribution < 1.29 is 9.53 Å². The molecule has 0 atom stereocenters. The lowest BCUT2D eigenvalue weighted by atomic mass is 9.95. The highest BCUT2D eigenvalue weighted by atomic mass is 16.5. The van der Waals surface area contributed by atoms with Gasteiger partial charge in [-0.3, -0.25) is 4.79 Å². The van der Waals surface area contributed by atoms with Crippen LogP contribution in [0.2, 0.25) is 0 Å². The Labute approximate surface area is 166 Å². The molecule has 2 aliphatic rings. The molecule has 6 heteroatoms. The molecule has 3 heterocycles. The summed E-state index contributed by atoms with van der Waals surface area (Å²) in [7, 11) is 0. The Morgan fingerprint density at radius 1 is 1.14 bits per heavy atom. The van der Waals surface area contributed by atoms with Crippen LogP contribution in [0.3, 0.4) is 0 Å². The SMILES string of the molecule is Cc1ccc2c(C)nc(N3CCC(C(=O)NCC4CCOCC4)CC3)nc2c1. The molecule has 2 aliphatic heterocycles. The Morgan fingerprint density at radius 2 is 1.89 bits per heavy atom. The van der Waals surface area contributed by atoms with Gasteiger partial charge in [-0.2, -0.15) is 0 Å². The highest BCUT2D eigenvalue weighted by Gasteiger charge is 2.27. The number of nitrogens with zero attached hydrogens (tertiary/aromatic N) is 3. The number of carbonyl (C=O) groups excluding carboxylic acids is 1. The Balaban J connectivity index is 1.34. The van der Waals surface area contributed by atoms with Crippen LogP contribution in [0.25, 0.3) is 10.9 Å². The predicted octanol–water partition coefficient (Wildman–Crippen LogP) is 3.01. The van der Waals surface area contributed by atoms with E-state index >= 15 is 0 Å². The van der Waals surface area contributed by atoms with Crippen LogP contribution in [0.4, 0.5) is 5.95 Å². The van der Waals surface area contributed by atoms with Gasteiger partial charge in [-0.15, -0.1) is 0 Å². The second-order valence-corrected chi connectivity index (χ2v) is 8.19. The zero-order valence-electron chi connectivity index (χ0n) is 16.9. The lowest BCUT2D eigenvalue weighted by Gasteiger charge is -2.32. The number of hydrogen-bond acceptors (Lipinski definition) is 5. The van der Waals surface area contributed by atoms with Gasteiger partial charge in [0.25, 0.3) is 0 Å². The summed E-state index contributed by atoms with van der Waals surface area (Å²) < 4.78 is 5.39. The van der Waals surface area contributed by atoms with Crippen LogP contribution >= 0.6 is 0 Å². The summed E-state index contributed by atoms with van der Waals surface area (Å²) >= 11 is 0. The quantitative estimate of drug-likeness (QED) is 0.880. The van der Waals surface area contributed by atoms with Crippen molar-refractivity contribution in [2.75, 3.05) is 37.7 Å². The molecule has 0 bridgehead atoms. The summed E-state index contributed by atoms with van der Waals surface area (Å²) in [5.41, 5.74) is 3.21. The van der Waals surface area contributed by atoms with Gasteiger partial charge in [-0.25, -0.2) is 9.97 Å². The van der Waals surface area contributed by atoms with Crippen LogP contribution in [0.1, 0.15) is 36.9 Å². The van der Waals surface area contributed by atoms with Gasteiger partial charge in [0.05, 0.1) is 11.2 Å². The van der Waals surface area contributed by atoms with E-state index in [2.05, 4.69) is 35.3 Å². The predicted molar refractivity (Wildman–Crippen MR) is 111 cm³/mol. The maximum absolute atomic E-state index is 12.6. The van der Waals surface area contributed by atoms with Crippen molar-refractivity contribution in [3.05, 3.63) is 29.5 Å². The number of piperidine rings is 1. The lowest BCUT2D eigenvalue weighted by Crippen LogP contribution is -2.42. The van der Waals surface area contributed by atoms with E-state index in [-0.39, 0.29) is 11.8 Å². The van der Waals surface area contributed by atoms with E-state index in [0.29, 0.717) is 5.92 Å². The van der Waals surface area contributed by atoms with Crippen LogP contribution in [0.15, 0.2) is 18.2 Å². The van der Waals surface area contributed by atoms with Crippen molar-refractivity contribution in [1.82, 2.24) is 15.3 Å². The monoisotopic (exact) mass is 382 g/mol. The number of aromatic nitrogens is 2. The Hall–Kier alpha value is -2.21. The highest BCUT2D eigenvalue weighted by molar-refractivity contribution is 5.82. The maximum atomic E-state index is 12.6. The third kappa shape index (κ3) is 4.27. The first-order chi connectivity index (χ1) is 13.6. The van der Waals surface area contributed by atoms with Gasteiger partial charge in [0, 0.05) is 44.2 Å². The number of aryl methyl sites for hydroxylation is 2. The van der Waals surface area contributed by atoms with Crippen molar-refractivity contribution in [2.24, 2.45) is 11.8 Å². The topological polar surface area (TPSA) is 67.4 Å². The number of ether oxygens (including phenoxy) is 1. The average Bonchev–Trinajstić information content (AvgIpc) is 2.72. The van der Waals surface area contributed by atoms with Gasteiger partial charge >= 0.3 is 0 Å². The van der Waals surface area contributed by atoms with Crippen LogP contribution < -0.4 is 10.2 Å². The summed E-state index contributed by atoms with van der Waals surface area (Å²) in [5, 5.41) is 4.28. The van der Waals surface area contributed by atoms with Crippen molar-refractivity contribution >= 4 is 22.8 Å². The number of carbonyl (C=O) groups is 1. The Kier molecular flexibility index (Phi) is 5.76. The molecule has 0 radical (unpaired) electrons. The molecule has 0 unspecified atom stereocenters. The molecule has 1 amide bonds. The number of hydrogen-bond donors (Lipinski definition) is 1. The fourth-order valence-electron chi connectivity index (χ4n) is 4.21. The summed E-state index contributed by atoms with van der Waals surface area (Å²) in [4.78, 5) is 24.3. The van der Waals surface area contributed by atoms with E-state index in [0.717, 1.165) is 81.1 Å². The molecule has 150 valence electrons. The van der Waals surface area contributed by atoms with Gasteiger partial charge in [0.2, 0.25) is 11.9 Å². The van der Waals surface area contributed by atoms with E-state index in [4.69, 9.17) is 14.7 Å². The number of amides is 1. The first-order valence-corrected chi connectivity index (χ1v) is 10.5. The molecular formula is C22H30N4O2. The third-order valence-corrected chi connectivity index (χ3v) is 6.09. The Morgan fingerprint density at radius 3 is 2.64 bits per heavy atom. The van der Waals surface area contributed by atoms with Gasteiger partial charge in [-0.1, -0.05) is 12.1 Å². The average molecular weight is 383 g/mol. The minimum absolute atomic E-state index is 0.0971. The second kappa shape index (κ2) is 8.43. The zero-order valence-corrected chi connectivity index (χ0v) is 16.9. The molecule has 28 heavy (non-hydrogen) atoms. The van der Waals surface area contributed by atoms with Crippen molar-refractivity contribution in [1.29, 1.82) is 0 Å². The molecule has 0 aliphatic carbocycles. The smallest absolute Gasteiger partial charge is 0.226 e. The van der Waals surface area contributed by atoms with E-state index in [1.54, 1.807) is 0 Å². The third-order valence-electron chi connectivity index (χ3n) is 6.09. The molecule has 1 N–H and O–H groups in total. The highest BCUT2D eigenvalue weighted by Crippen LogP contribution is 2.25. The summed E-state index contributed by atoms with van der Waals surface area (Å²) in [6.07, 6.45) is 3.81. The van der Waals surface area contributed by atoms with Crippen molar-refractivity contribution in [3.63, 3.8) is 0 Å².